The fourth-order valence-corrected chi connectivity index (χ4v) is 2.75. The predicted molar refractivity (Wildman–Crippen MR) is 63.0 cm³/mol. The first-order valence-electron chi connectivity index (χ1n) is 6.67. The lowest BCUT2D eigenvalue weighted by Gasteiger charge is -2.36. The third kappa shape index (κ3) is 3.21. The van der Waals surface area contributed by atoms with Gasteiger partial charge in [0.25, 0.3) is 0 Å². The summed E-state index contributed by atoms with van der Waals surface area (Å²) in [6.45, 7) is 0.455. The molecule has 3 nitrogen and oxygen atoms in total. The Balaban J connectivity index is 1.57. The van der Waals surface area contributed by atoms with Gasteiger partial charge in [-0.3, -0.25) is 4.79 Å². The minimum absolute atomic E-state index is 0.118. The van der Waals surface area contributed by atoms with Crippen molar-refractivity contribution in [3.8, 4) is 0 Å². The summed E-state index contributed by atoms with van der Waals surface area (Å²) in [7, 11) is 0. The highest BCUT2D eigenvalue weighted by atomic mass is 16.3. The second kappa shape index (κ2) is 5.17. The lowest BCUT2D eigenvalue weighted by atomic mass is 9.80. The number of carbonyl (C=O) groups is 1. The van der Waals surface area contributed by atoms with Gasteiger partial charge in [0.1, 0.15) is 0 Å². The van der Waals surface area contributed by atoms with Gasteiger partial charge in [0.15, 0.2) is 0 Å². The summed E-state index contributed by atoms with van der Waals surface area (Å²) in [6, 6.07) is 0. The first kappa shape index (κ1) is 11.9. The van der Waals surface area contributed by atoms with Crippen LogP contribution in [0.4, 0.5) is 0 Å². The van der Waals surface area contributed by atoms with Gasteiger partial charge in [0, 0.05) is 13.0 Å². The van der Waals surface area contributed by atoms with E-state index in [0.717, 1.165) is 31.6 Å². The molecule has 0 saturated heterocycles. The predicted octanol–water partition coefficient (Wildman–Crippen LogP) is 1.99. The molecule has 0 bridgehead atoms. The molecule has 0 radical (unpaired) electrons. The monoisotopic (exact) mass is 225 g/mol. The van der Waals surface area contributed by atoms with E-state index in [1.807, 2.05) is 0 Å². The van der Waals surface area contributed by atoms with E-state index >= 15 is 0 Å². The normalized spacial score (nSPS) is 24.1. The largest absolute Gasteiger partial charge is 0.388 e. The van der Waals surface area contributed by atoms with Gasteiger partial charge in [-0.15, -0.1) is 0 Å². The van der Waals surface area contributed by atoms with Crippen LogP contribution in [0, 0.1) is 5.92 Å². The quantitative estimate of drug-likeness (QED) is 0.751. The molecular weight excluding hydrogens is 202 g/mol. The van der Waals surface area contributed by atoms with Gasteiger partial charge >= 0.3 is 0 Å². The SMILES string of the molecule is O=C(CCC1CCCC1)NCC1(O)CCC1. The minimum Gasteiger partial charge on any atom is -0.388 e. The molecule has 16 heavy (non-hydrogen) atoms. The van der Waals surface area contributed by atoms with Gasteiger partial charge in [0.2, 0.25) is 5.91 Å². The van der Waals surface area contributed by atoms with Crippen LogP contribution in [0.5, 0.6) is 0 Å². The summed E-state index contributed by atoms with van der Waals surface area (Å²) >= 11 is 0. The molecule has 0 unspecified atom stereocenters. The summed E-state index contributed by atoms with van der Waals surface area (Å²) < 4.78 is 0. The highest BCUT2D eigenvalue weighted by Gasteiger charge is 2.34. The molecule has 0 heterocycles. The Hall–Kier alpha value is -0.570. The third-order valence-electron chi connectivity index (χ3n) is 4.15. The van der Waals surface area contributed by atoms with Crippen LogP contribution in [0.3, 0.4) is 0 Å². The number of carbonyl (C=O) groups excluding carboxylic acids is 1. The molecule has 0 atom stereocenters. The molecule has 1 amide bonds. The molecular formula is C13H23NO2. The molecule has 2 saturated carbocycles. The second-order valence-corrected chi connectivity index (χ2v) is 5.54. The summed E-state index contributed by atoms with van der Waals surface area (Å²) in [4.78, 5) is 11.6. The van der Waals surface area contributed by atoms with Crippen molar-refractivity contribution >= 4 is 5.91 Å². The maximum atomic E-state index is 11.6. The number of rotatable bonds is 5. The van der Waals surface area contributed by atoms with Crippen molar-refractivity contribution in [3.05, 3.63) is 0 Å². The van der Waals surface area contributed by atoms with E-state index < -0.39 is 5.60 Å². The molecule has 0 aromatic carbocycles. The zero-order chi connectivity index (χ0) is 11.4. The van der Waals surface area contributed by atoms with Gasteiger partial charge in [0.05, 0.1) is 5.60 Å². The Morgan fingerprint density at radius 2 is 1.94 bits per heavy atom. The first-order chi connectivity index (χ1) is 7.68. The zero-order valence-corrected chi connectivity index (χ0v) is 10.0. The van der Waals surface area contributed by atoms with Crippen molar-refractivity contribution in [1.29, 1.82) is 0 Å². The molecule has 0 spiro atoms. The van der Waals surface area contributed by atoms with Gasteiger partial charge < -0.3 is 10.4 Å². The lowest BCUT2D eigenvalue weighted by Crippen LogP contribution is -2.47. The highest BCUT2D eigenvalue weighted by Crippen LogP contribution is 2.31. The number of aliphatic hydroxyl groups is 1. The Morgan fingerprint density at radius 3 is 2.50 bits per heavy atom. The summed E-state index contributed by atoms with van der Waals surface area (Å²) in [5.74, 6) is 0.893. The Bertz CT molecular complexity index is 242. The molecule has 0 aromatic heterocycles. The Labute approximate surface area is 97.6 Å². The molecule has 2 rings (SSSR count). The highest BCUT2D eigenvalue weighted by molar-refractivity contribution is 5.75. The van der Waals surface area contributed by atoms with Crippen molar-refractivity contribution in [2.75, 3.05) is 6.54 Å². The number of amides is 1. The molecule has 2 N–H and O–H groups in total. The van der Waals surface area contributed by atoms with Crippen LogP contribution in [0.25, 0.3) is 0 Å². The summed E-state index contributed by atoms with van der Waals surface area (Å²) in [5, 5.41) is 12.7. The van der Waals surface area contributed by atoms with Crippen molar-refractivity contribution in [2.24, 2.45) is 5.92 Å². The molecule has 2 fully saturated rings. The van der Waals surface area contributed by atoms with Crippen LogP contribution < -0.4 is 5.32 Å². The molecule has 0 aliphatic heterocycles. The van der Waals surface area contributed by atoms with E-state index in [1.165, 1.54) is 25.7 Å². The van der Waals surface area contributed by atoms with Crippen LogP contribution in [0.2, 0.25) is 0 Å². The molecule has 2 aliphatic carbocycles. The van der Waals surface area contributed by atoms with E-state index in [0.29, 0.717) is 13.0 Å². The maximum absolute atomic E-state index is 11.6. The molecule has 3 heteroatoms. The van der Waals surface area contributed by atoms with Crippen LogP contribution in [0.1, 0.15) is 57.8 Å². The van der Waals surface area contributed by atoms with Crippen LogP contribution >= 0.6 is 0 Å². The van der Waals surface area contributed by atoms with E-state index in [9.17, 15) is 9.90 Å². The number of hydrogen-bond acceptors (Lipinski definition) is 2. The average molecular weight is 225 g/mol. The smallest absolute Gasteiger partial charge is 0.220 e. The Kier molecular flexibility index (Phi) is 3.85. The Morgan fingerprint density at radius 1 is 1.25 bits per heavy atom. The van der Waals surface area contributed by atoms with Crippen LogP contribution in [-0.2, 0) is 4.79 Å². The minimum atomic E-state index is -0.580. The molecule has 92 valence electrons. The third-order valence-corrected chi connectivity index (χ3v) is 4.15. The summed E-state index contributed by atoms with van der Waals surface area (Å²) in [6.07, 6.45) is 9.73. The number of hydrogen-bond donors (Lipinski definition) is 2. The number of nitrogens with one attached hydrogen (secondary N) is 1. The second-order valence-electron chi connectivity index (χ2n) is 5.54. The fraction of sp³-hybridized carbons (Fsp3) is 0.923. The van der Waals surface area contributed by atoms with Gasteiger partial charge in [-0.1, -0.05) is 25.7 Å². The van der Waals surface area contributed by atoms with Gasteiger partial charge in [-0.2, -0.15) is 0 Å². The van der Waals surface area contributed by atoms with Crippen LogP contribution in [-0.4, -0.2) is 23.2 Å². The average Bonchev–Trinajstić information content (AvgIpc) is 2.73. The lowest BCUT2D eigenvalue weighted by molar-refractivity contribution is -0.123. The van der Waals surface area contributed by atoms with Crippen molar-refractivity contribution < 1.29 is 9.90 Å². The standard InChI is InChI=1S/C13H23NO2/c15-12(7-6-11-4-1-2-5-11)14-10-13(16)8-3-9-13/h11,16H,1-10H2,(H,14,15). The van der Waals surface area contributed by atoms with E-state index in [2.05, 4.69) is 5.32 Å². The van der Waals surface area contributed by atoms with Gasteiger partial charge in [-0.05, 0) is 31.6 Å². The molecule has 0 aromatic rings. The first-order valence-corrected chi connectivity index (χ1v) is 6.67. The van der Waals surface area contributed by atoms with E-state index in [4.69, 9.17) is 0 Å². The van der Waals surface area contributed by atoms with Crippen molar-refractivity contribution in [1.82, 2.24) is 5.32 Å². The topological polar surface area (TPSA) is 49.3 Å². The van der Waals surface area contributed by atoms with Gasteiger partial charge in [-0.25, -0.2) is 0 Å². The summed E-state index contributed by atoms with van der Waals surface area (Å²) in [5.41, 5.74) is -0.580. The fourth-order valence-electron chi connectivity index (χ4n) is 2.75. The van der Waals surface area contributed by atoms with Crippen molar-refractivity contribution in [2.45, 2.75) is 63.4 Å². The molecule has 2 aliphatic rings. The maximum Gasteiger partial charge on any atom is 0.220 e. The zero-order valence-electron chi connectivity index (χ0n) is 10.0. The van der Waals surface area contributed by atoms with E-state index in [1.54, 1.807) is 0 Å². The van der Waals surface area contributed by atoms with E-state index in [-0.39, 0.29) is 5.91 Å². The van der Waals surface area contributed by atoms with Crippen LogP contribution in [0.15, 0.2) is 0 Å². The van der Waals surface area contributed by atoms with Crippen molar-refractivity contribution in [3.63, 3.8) is 0 Å².